The fourth-order valence-electron chi connectivity index (χ4n) is 1.23. The molecule has 0 amide bonds. The first-order chi connectivity index (χ1) is 4.75. The van der Waals surface area contributed by atoms with E-state index >= 15 is 0 Å². The third-order valence-electron chi connectivity index (χ3n) is 1.86. The number of hydrogen-bond acceptors (Lipinski definition) is 3. The van der Waals surface area contributed by atoms with E-state index in [1.54, 1.807) is 0 Å². The van der Waals surface area contributed by atoms with Gasteiger partial charge in [0.25, 0.3) is 0 Å². The Morgan fingerprint density at radius 2 is 1.80 bits per heavy atom. The molecule has 0 aromatic carbocycles. The Bertz CT molecular complexity index is 149. The predicted octanol–water partition coefficient (Wildman–Crippen LogP) is -0.117. The quantitative estimate of drug-likeness (QED) is 0.518. The zero-order chi connectivity index (χ0) is 7.56. The molecule has 0 bridgehead atoms. The Morgan fingerprint density at radius 1 is 1.30 bits per heavy atom. The second-order valence-corrected chi connectivity index (χ2v) is 2.57. The van der Waals surface area contributed by atoms with Crippen molar-refractivity contribution in [2.24, 2.45) is 11.7 Å². The van der Waals surface area contributed by atoms with Crippen molar-refractivity contribution in [2.75, 3.05) is 6.54 Å². The highest BCUT2D eigenvalue weighted by atomic mass is 16.2. The first-order valence-electron chi connectivity index (χ1n) is 3.51. The predicted molar refractivity (Wildman–Crippen MR) is 36.4 cm³/mol. The minimum Gasteiger partial charge on any atom is -0.329 e. The van der Waals surface area contributed by atoms with Gasteiger partial charge < -0.3 is 5.73 Å². The highest BCUT2D eigenvalue weighted by Crippen LogP contribution is 2.15. The maximum Gasteiger partial charge on any atom is 0.144 e. The van der Waals surface area contributed by atoms with E-state index in [4.69, 9.17) is 5.73 Å². The lowest BCUT2D eigenvalue weighted by molar-refractivity contribution is -0.134. The minimum atomic E-state index is -0.478. The molecular formula is C7H11NO2. The van der Waals surface area contributed by atoms with E-state index in [0.29, 0.717) is 19.3 Å². The zero-order valence-corrected chi connectivity index (χ0v) is 5.80. The second kappa shape index (κ2) is 2.92. The Morgan fingerprint density at radius 3 is 2.10 bits per heavy atom. The maximum atomic E-state index is 10.9. The standard InChI is InChI=1S/C7H11NO2/c8-4-5-6(9)2-1-3-7(5)10/h5H,1-4,8H2. The molecule has 0 saturated heterocycles. The monoisotopic (exact) mass is 141 g/mol. The molecule has 56 valence electrons. The van der Waals surface area contributed by atoms with Gasteiger partial charge in [-0.25, -0.2) is 0 Å². The van der Waals surface area contributed by atoms with Crippen LogP contribution in [0.5, 0.6) is 0 Å². The first kappa shape index (κ1) is 7.41. The summed E-state index contributed by atoms with van der Waals surface area (Å²) in [6.07, 6.45) is 1.79. The number of ketones is 2. The fourth-order valence-corrected chi connectivity index (χ4v) is 1.23. The number of carbonyl (C=O) groups is 2. The molecule has 1 fully saturated rings. The summed E-state index contributed by atoms with van der Waals surface area (Å²) in [7, 11) is 0. The van der Waals surface area contributed by atoms with E-state index in [1.165, 1.54) is 0 Å². The van der Waals surface area contributed by atoms with Crippen LogP contribution in [0.25, 0.3) is 0 Å². The molecule has 0 aliphatic heterocycles. The van der Waals surface area contributed by atoms with Gasteiger partial charge in [0, 0.05) is 19.4 Å². The van der Waals surface area contributed by atoms with Crippen molar-refractivity contribution in [2.45, 2.75) is 19.3 Å². The summed E-state index contributed by atoms with van der Waals surface area (Å²) in [4.78, 5) is 21.9. The van der Waals surface area contributed by atoms with Gasteiger partial charge in [0.15, 0.2) is 0 Å². The molecule has 0 aromatic heterocycles. The fraction of sp³-hybridized carbons (Fsp3) is 0.714. The summed E-state index contributed by atoms with van der Waals surface area (Å²) in [6, 6.07) is 0. The van der Waals surface area contributed by atoms with Crippen molar-refractivity contribution in [3.05, 3.63) is 0 Å². The van der Waals surface area contributed by atoms with Crippen molar-refractivity contribution in [3.8, 4) is 0 Å². The molecule has 0 radical (unpaired) electrons. The topological polar surface area (TPSA) is 60.2 Å². The van der Waals surface area contributed by atoms with Crippen LogP contribution in [-0.2, 0) is 9.59 Å². The number of hydrogen-bond donors (Lipinski definition) is 1. The number of carbonyl (C=O) groups excluding carboxylic acids is 2. The second-order valence-electron chi connectivity index (χ2n) is 2.57. The third-order valence-corrected chi connectivity index (χ3v) is 1.86. The minimum absolute atomic E-state index is 0.0266. The number of nitrogens with two attached hydrogens (primary N) is 1. The molecule has 1 rings (SSSR count). The lowest BCUT2D eigenvalue weighted by Crippen LogP contribution is -2.34. The van der Waals surface area contributed by atoms with Crippen LogP contribution in [-0.4, -0.2) is 18.1 Å². The molecule has 0 heterocycles. The molecule has 1 saturated carbocycles. The molecule has 3 nitrogen and oxygen atoms in total. The molecule has 1 aliphatic carbocycles. The van der Waals surface area contributed by atoms with Crippen LogP contribution >= 0.6 is 0 Å². The van der Waals surface area contributed by atoms with Gasteiger partial charge >= 0.3 is 0 Å². The van der Waals surface area contributed by atoms with Gasteiger partial charge in [-0.1, -0.05) is 0 Å². The van der Waals surface area contributed by atoms with Crippen LogP contribution in [0.15, 0.2) is 0 Å². The zero-order valence-electron chi connectivity index (χ0n) is 5.80. The average Bonchev–Trinajstić information content (AvgIpc) is 1.88. The van der Waals surface area contributed by atoms with Crippen LogP contribution in [0.1, 0.15) is 19.3 Å². The maximum absolute atomic E-state index is 10.9. The lowest BCUT2D eigenvalue weighted by atomic mass is 9.87. The Kier molecular flexibility index (Phi) is 2.17. The van der Waals surface area contributed by atoms with E-state index in [1.807, 2.05) is 0 Å². The van der Waals surface area contributed by atoms with Gasteiger partial charge in [0.1, 0.15) is 11.6 Å². The van der Waals surface area contributed by atoms with E-state index in [2.05, 4.69) is 0 Å². The Labute approximate surface area is 59.6 Å². The number of rotatable bonds is 1. The van der Waals surface area contributed by atoms with E-state index in [-0.39, 0.29) is 18.1 Å². The van der Waals surface area contributed by atoms with Gasteiger partial charge in [-0.05, 0) is 6.42 Å². The van der Waals surface area contributed by atoms with Crippen LogP contribution in [0.3, 0.4) is 0 Å². The third kappa shape index (κ3) is 1.24. The first-order valence-corrected chi connectivity index (χ1v) is 3.51. The summed E-state index contributed by atoms with van der Waals surface area (Å²) < 4.78 is 0. The van der Waals surface area contributed by atoms with E-state index in [0.717, 1.165) is 0 Å². The smallest absolute Gasteiger partial charge is 0.144 e. The van der Waals surface area contributed by atoms with Crippen molar-refractivity contribution in [1.82, 2.24) is 0 Å². The van der Waals surface area contributed by atoms with Gasteiger partial charge in [-0.3, -0.25) is 9.59 Å². The van der Waals surface area contributed by atoms with Crippen LogP contribution < -0.4 is 5.73 Å². The van der Waals surface area contributed by atoms with Crippen LogP contribution in [0.2, 0.25) is 0 Å². The highest BCUT2D eigenvalue weighted by Gasteiger charge is 2.27. The van der Waals surface area contributed by atoms with Gasteiger partial charge in [-0.2, -0.15) is 0 Å². The van der Waals surface area contributed by atoms with Gasteiger partial charge in [-0.15, -0.1) is 0 Å². The normalized spacial score (nSPS) is 21.7. The summed E-state index contributed by atoms with van der Waals surface area (Å²) in [5, 5.41) is 0. The van der Waals surface area contributed by atoms with Crippen molar-refractivity contribution in [3.63, 3.8) is 0 Å². The Hall–Kier alpha value is -0.700. The van der Waals surface area contributed by atoms with E-state index in [9.17, 15) is 9.59 Å². The molecule has 3 heteroatoms. The molecule has 0 spiro atoms. The van der Waals surface area contributed by atoms with Gasteiger partial charge in [0.2, 0.25) is 0 Å². The van der Waals surface area contributed by atoms with Gasteiger partial charge in [0.05, 0.1) is 5.92 Å². The van der Waals surface area contributed by atoms with Crippen molar-refractivity contribution >= 4 is 11.6 Å². The number of Topliss-reactive ketones (excluding diaryl/α,β-unsaturated/α-hetero) is 2. The van der Waals surface area contributed by atoms with Crippen molar-refractivity contribution < 1.29 is 9.59 Å². The molecule has 10 heavy (non-hydrogen) atoms. The molecule has 0 unspecified atom stereocenters. The average molecular weight is 141 g/mol. The van der Waals surface area contributed by atoms with E-state index < -0.39 is 5.92 Å². The summed E-state index contributed by atoms with van der Waals surface area (Å²) in [5.74, 6) is -0.425. The molecule has 2 N–H and O–H groups in total. The molecular weight excluding hydrogens is 130 g/mol. The van der Waals surface area contributed by atoms with Crippen molar-refractivity contribution in [1.29, 1.82) is 0 Å². The summed E-state index contributed by atoms with van der Waals surface area (Å²) >= 11 is 0. The molecule has 0 atom stereocenters. The highest BCUT2D eigenvalue weighted by molar-refractivity contribution is 6.04. The lowest BCUT2D eigenvalue weighted by Gasteiger charge is -2.16. The summed E-state index contributed by atoms with van der Waals surface area (Å²) in [6.45, 7) is 0.192. The van der Waals surface area contributed by atoms with Crippen LogP contribution in [0.4, 0.5) is 0 Å². The Balaban J connectivity index is 2.62. The molecule has 0 aromatic rings. The summed E-state index contributed by atoms with van der Waals surface area (Å²) in [5.41, 5.74) is 5.24. The SMILES string of the molecule is NCC1C(=O)CCCC1=O. The molecule has 1 aliphatic rings. The largest absolute Gasteiger partial charge is 0.329 e. The van der Waals surface area contributed by atoms with Crippen LogP contribution in [0, 0.1) is 5.92 Å².